The van der Waals surface area contributed by atoms with Crippen LogP contribution in [-0.2, 0) is 7.05 Å². The van der Waals surface area contributed by atoms with Crippen LogP contribution in [0, 0.1) is 0 Å². The zero-order valence-electron chi connectivity index (χ0n) is 14.4. The number of nitrogens with zero attached hydrogens (tertiary/aromatic N) is 2. The topological polar surface area (TPSA) is 77.1 Å². The number of aromatic nitrogens is 2. The lowest BCUT2D eigenvalue weighted by atomic mass is 10.1. The van der Waals surface area contributed by atoms with Crippen LogP contribution < -0.4 is 10.9 Å². The molecule has 0 saturated heterocycles. The Hall–Kier alpha value is -3.41. The summed E-state index contributed by atoms with van der Waals surface area (Å²) >= 11 is 0. The molecule has 0 aliphatic carbocycles. The first-order valence-electron chi connectivity index (χ1n) is 8.30. The van der Waals surface area contributed by atoms with Crippen LogP contribution in [0.15, 0.2) is 63.8 Å². The Morgan fingerprint density at radius 1 is 1.12 bits per heavy atom. The largest absolute Gasteiger partial charge is 0.459 e. The first-order valence-corrected chi connectivity index (χ1v) is 8.30. The third-order valence-corrected chi connectivity index (χ3v) is 4.39. The quantitative estimate of drug-likeness (QED) is 0.617. The number of carbonyl (C=O) groups excluding carboxylic acids is 1. The van der Waals surface area contributed by atoms with Crippen LogP contribution in [0.1, 0.15) is 29.2 Å². The van der Waals surface area contributed by atoms with Crippen LogP contribution in [0.25, 0.3) is 21.7 Å². The highest BCUT2D eigenvalue weighted by Gasteiger charge is 2.19. The fraction of sp³-hybridized carbons (Fsp3) is 0.150. The average molecular weight is 347 g/mol. The van der Waals surface area contributed by atoms with Gasteiger partial charge in [0.2, 0.25) is 0 Å². The van der Waals surface area contributed by atoms with Crippen molar-refractivity contribution in [3.63, 3.8) is 0 Å². The van der Waals surface area contributed by atoms with Crippen molar-refractivity contribution >= 4 is 27.6 Å². The number of rotatable bonds is 3. The van der Waals surface area contributed by atoms with Gasteiger partial charge in [-0.3, -0.25) is 9.59 Å². The maximum absolute atomic E-state index is 12.8. The van der Waals surface area contributed by atoms with Gasteiger partial charge in [0, 0.05) is 17.8 Å². The number of nitrogens with one attached hydrogen (secondary N) is 1. The summed E-state index contributed by atoms with van der Waals surface area (Å²) in [4.78, 5) is 25.0. The van der Waals surface area contributed by atoms with Gasteiger partial charge in [0.05, 0.1) is 11.4 Å². The van der Waals surface area contributed by atoms with Gasteiger partial charge in [0.25, 0.3) is 11.5 Å². The fourth-order valence-electron chi connectivity index (χ4n) is 3.02. The molecule has 1 atom stereocenters. The molecule has 0 aliphatic heterocycles. The van der Waals surface area contributed by atoms with E-state index in [1.54, 1.807) is 24.3 Å². The Labute approximate surface area is 149 Å². The van der Waals surface area contributed by atoms with Crippen molar-refractivity contribution in [2.45, 2.75) is 13.0 Å². The third kappa shape index (κ3) is 2.65. The third-order valence-electron chi connectivity index (χ3n) is 4.39. The van der Waals surface area contributed by atoms with Gasteiger partial charge in [-0.1, -0.05) is 36.4 Å². The van der Waals surface area contributed by atoms with Gasteiger partial charge in [-0.05, 0) is 25.1 Å². The Balaban J connectivity index is 1.69. The lowest BCUT2D eigenvalue weighted by Gasteiger charge is -2.13. The molecule has 4 aromatic rings. The second kappa shape index (κ2) is 6.15. The Bertz CT molecular complexity index is 1160. The van der Waals surface area contributed by atoms with Crippen molar-refractivity contribution in [3.05, 3.63) is 76.4 Å². The first-order chi connectivity index (χ1) is 12.5. The molecule has 0 unspecified atom stereocenters. The molecule has 0 aliphatic rings. The van der Waals surface area contributed by atoms with Gasteiger partial charge in [-0.2, -0.15) is 5.10 Å². The molecule has 2 heterocycles. The molecule has 1 amide bonds. The molecule has 26 heavy (non-hydrogen) atoms. The maximum atomic E-state index is 12.8. The highest BCUT2D eigenvalue weighted by atomic mass is 16.3. The summed E-state index contributed by atoms with van der Waals surface area (Å²) in [5.74, 6) is 0.304. The van der Waals surface area contributed by atoms with E-state index in [1.165, 1.54) is 11.7 Å². The molecule has 1 N–H and O–H groups in total. The number of hydrogen-bond donors (Lipinski definition) is 1. The standard InChI is InChI=1S/C20H17N3O3/c1-12(17-11-13-7-3-6-10-16(13)26-17)21-19(24)18-14-8-4-5-9-15(14)20(25)23(2)22-18/h3-12H,1-2H3,(H,21,24)/t12-/m1/s1. The lowest BCUT2D eigenvalue weighted by molar-refractivity contribution is 0.0930. The van der Waals surface area contributed by atoms with Crippen LogP contribution in [0.2, 0.25) is 0 Å². The van der Waals surface area contributed by atoms with E-state index in [9.17, 15) is 9.59 Å². The number of para-hydroxylation sites is 1. The fourth-order valence-corrected chi connectivity index (χ4v) is 3.02. The van der Waals surface area contributed by atoms with Gasteiger partial charge < -0.3 is 9.73 Å². The van der Waals surface area contributed by atoms with Gasteiger partial charge in [0.15, 0.2) is 5.69 Å². The smallest absolute Gasteiger partial charge is 0.274 e. The molecule has 0 radical (unpaired) electrons. The van der Waals surface area contributed by atoms with Crippen molar-refractivity contribution in [1.82, 2.24) is 15.1 Å². The minimum Gasteiger partial charge on any atom is -0.459 e. The molecule has 0 fully saturated rings. The van der Waals surface area contributed by atoms with Crippen molar-refractivity contribution in [3.8, 4) is 0 Å². The molecule has 0 bridgehead atoms. The van der Waals surface area contributed by atoms with Crippen LogP contribution in [0.4, 0.5) is 0 Å². The first kappa shape index (κ1) is 16.1. The number of amides is 1. The molecule has 0 spiro atoms. The molecule has 6 nitrogen and oxygen atoms in total. The van der Waals surface area contributed by atoms with Crippen LogP contribution in [0.3, 0.4) is 0 Å². The molecule has 0 saturated carbocycles. The molecule has 2 aromatic heterocycles. The minimum absolute atomic E-state index is 0.214. The predicted octanol–water partition coefficient (Wildman–Crippen LogP) is 3.17. The van der Waals surface area contributed by atoms with Crippen LogP contribution >= 0.6 is 0 Å². The predicted molar refractivity (Wildman–Crippen MR) is 99.1 cm³/mol. The Morgan fingerprint density at radius 2 is 1.81 bits per heavy atom. The van der Waals surface area contributed by atoms with Crippen LogP contribution in [0.5, 0.6) is 0 Å². The van der Waals surface area contributed by atoms with Gasteiger partial charge in [-0.25, -0.2) is 4.68 Å². The molecule has 130 valence electrons. The van der Waals surface area contributed by atoms with E-state index in [2.05, 4.69) is 10.4 Å². The summed E-state index contributed by atoms with van der Waals surface area (Å²) in [6, 6.07) is 16.2. The number of carbonyl (C=O) groups is 1. The number of benzene rings is 2. The lowest BCUT2D eigenvalue weighted by Crippen LogP contribution is -2.31. The number of fused-ring (bicyclic) bond motifs is 2. The second-order valence-corrected chi connectivity index (χ2v) is 6.20. The summed E-state index contributed by atoms with van der Waals surface area (Å²) in [6.07, 6.45) is 0. The van der Waals surface area contributed by atoms with Crippen molar-refractivity contribution in [2.75, 3.05) is 0 Å². The molecular weight excluding hydrogens is 330 g/mol. The molecule has 4 rings (SSSR count). The molecule has 2 aromatic carbocycles. The zero-order chi connectivity index (χ0) is 18.3. The second-order valence-electron chi connectivity index (χ2n) is 6.20. The normalized spacial score (nSPS) is 12.4. The minimum atomic E-state index is -0.357. The summed E-state index contributed by atoms with van der Waals surface area (Å²) in [6.45, 7) is 1.85. The maximum Gasteiger partial charge on any atom is 0.274 e. The van der Waals surface area contributed by atoms with E-state index in [0.29, 0.717) is 16.5 Å². The van der Waals surface area contributed by atoms with E-state index < -0.39 is 0 Å². The molecule has 6 heteroatoms. The SMILES string of the molecule is C[C@@H](NC(=O)c1nn(C)c(=O)c2ccccc12)c1cc2ccccc2o1. The highest BCUT2D eigenvalue weighted by molar-refractivity contribution is 6.04. The summed E-state index contributed by atoms with van der Waals surface area (Å²) in [7, 11) is 1.54. The summed E-state index contributed by atoms with van der Waals surface area (Å²) < 4.78 is 6.99. The molecular formula is C20H17N3O3. The summed E-state index contributed by atoms with van der Waals surface area (Å²) in [5.41, 5.74) is 0.752. The van der Waals surface area contributed by atoms with Crippen molar-refractivity contribution in [1.29, 1.82) is 0 Å². The van der Waals surface area contributed by atoms with Gasteiger partial charge in [0.1, 0.15) is 11.3 Å². The average Bonchev–Trinajstić information content (AvgIpc) is 3.09. The highest BCUT2D eigenvalue weighted by Crippen LogP contribution is 2.24. The van der Waals surface area contributed by atoms with E-state index in [-0.39, 0.29) is 23.2 Å². The van der Waals surface area contributed by atoms with Crippen molar-refractivity contribution in [2.24, 2.45) is 7.05 Å². The van der Waals surface area contributed by atoms with Gasteiger partial charge in [-0.15, -0.1) is 0 Å². The van der Waals surface area contributed by atoms with Crippen LogP contribution in [-0.4, -0.2) is 15.7 Å². The van der Waals surface area contributed by atoms with Gasteiger partial charge >= 0.3 is 0 Å². The number of aryl methyl sites for hydroxylation is 1. The van der Waals surface area contributed by atoms with E-state index in [0.717, 1.165) is 11.0 Å². The summed E-state index contributed by atoms with van der Waals surface area (Å²) in [5, 5.41) is 9.03. The Kier molecular flexibility index (Phi) is 3.80. The van der Waals surface area contributed by atoms with E-state index in [4.69, 9.17) is 4.42 Å². The van der Waals surface area contributed by atoms with E-state index in [1.807, 2.05) is 37.3 Å². The zero-order valence-corrected chi connectivity index (χ0v) is 14.4. The van der Waals surface area contributed by atoms with Crippen molar-refractivity contribution < 1.29 is 9.21 Å². The number of hydrogen-bond acceptors (Lipinski definition) is 4. The number of furan rings is 1. The monoisotopic (exact) mass is 347 g/mol. The van der Waals surface area contributed by atoms with E-state index >= 15 is 0 Å². The Morgan fingerprint density at radius 3 is 2.58 bits per heavy atom.